The Morgan fingerprint density at radius 3 is 1.71 bits per heavy atom. The van der Waals surface area contributed by atoms with Crippen LogP contribution in [0.5, 0.6) is 0 Å². The maximum absolute atomic E-state index is 11.7. The zero-order chi connectivity index (χ0) is 29.5. The topological polar surface area (TPSA) is 124 Å². The van der Waals surface area contributed by atoms with Gasteiger partial charge < -0.3 is 24.1 Å². The van der Waals surface area contributed by atoms with E-state index in [0.717, 1.165) is 17.0 Å². The van der Waals surface area contributed by atoms with Crippen molar-refractivity contribution < 1.29 is 33.6 Å². The number of ketones is 1. The minimum absolute atomic E-state index is 0.0503. The predicted molar refractivity (Wildman–Crippen MR) is 153 cm³/mol. The maximum Gasteiger partial charge on any atom is 0.354 e. The quantitative estimate of drug-likeness (QED) is 0.493. The minimum Gasteiger partial charge on any atom is -0.477 e. The fraction of sp³-hybridized carbons (Fsp3) is 0.600. The number of aromatic carboxylic acids is 1. The first-order valence-electron chi connectivity index (χ1n) is 14.3. The van der Waals surface area contributed by atoms with Gasteiger partial charge in [0.25, 0.3) is 0 Å². The third kappa shape index (κ3) is 12.3. The summed E-state index contributed by atoms with van der Waals surface area (Å²) in [6.45, 7) is 13.4. The molecule has 1 aliphatic heterocycles. The average Bonchev–Trinajstić information content (AvgIpc) is 2.94. The molecule has 0 radical (unpaired) electrons. The molecule has 1 fully saturated rings. The summed E-state index contributed by atoms with van der Waals surface area (Å²) in [5, 5.41) is 9.51. The number of hydrogen-bond donors (Lipinski definition) is 1. The molecule has 11 heteroatoms. The molecule has 0 amide bonds. The summed E-state index contributed by atoms with van der Waals surface area (Å²) in [7, 11) is 0. The van der Waals surface area contributed by atoms with Crippen molar-refractivity contribution in [2.24, 2.45) is 0 Å². The zero-order valence-electron chi connectivity index (χ0n) is 24.5. The number of nitrogens with zero attached hydrogens (tertiary/aromatic N) is 4. The zero-order valence-corrected chi connectivity index (χ0v) is 24.5. The highest BCUT2D eigenvalue weighted by Crippen LogP contribution is 2.18. The summed E-state index contributed by atoms with van der Waals surface area (Å²) in [6.07, 6.45) is 0. The molecule has 3 rings (SSSR count). The molecule has 2 aromatic rings. The lowest BCUT2D eigenvalue weighted by Gasteiger charge is -2.24. The number of hydrogen-bond acceptors (Lipinski definition) is 10. The normalized spacial score (nSPS) is 18.0. The Morgan fingerprint density at radius 2 is 1.24 bits per heavy atom. The van der Waals surface area contributed by atoms with E-state index in [1.807, 2.05) is 32.0 Å². The molecular weight excluding hydrogens is 528 g/mol. The van der Waals surface area contributed by atoms with Gasteiger partial charge in [-0.15, -0.1) is 0 Å². The van der Waals surface area contributed by atoms with Crippen LogP contribution in [0.1, 0.15) is 64.6 Å². The van der Waals surface area contributed by atoms with Gasteiger partial charge in [-0.1, -0.05) is 19.9 Å². The molecule has 0 bridgehead atoms. The fourth-order valence-electron chi connectivity index (χ4n) is 4.32. The molecule has 1 aliphatic rings. The second-order valence-corrected chi connectivity index (χ2v) is 10.3. The Labute approximate surface area is 242 Å². The van der Waals surface area contributed by atoms with E-state index in [4.69, 9.17) is 18.9 Å². The van der Waals surface area contributed by atoms with Crippen LogP contribution in [0.2, 0.25) is 0 Å². The van der Waals surface area contributed by atoms with E-state index in [1.54, 1.807) is 12.1 Å². The highest BCUT2D eigenvalue weighted by Gasteiger charge is 2.15. The Morgan fingerprint density at radius 1 is 0.756 bits per heavy atom. The van der Waals surface area contributed by atoms with Gasteiger partial charge in [0.1, 0.15) is 11.4 Å². The number of aromatic nitrogens is 2. The van der Waals surface area contributed by atoms with Crippen LogP contribution < -0.4 is 0 Å². The Kier molecular flexibility index (Phi) is 14.3. The maximum atomic E-state index is 11.7. The molecule has 0 saturated carbocycles. The second kappa shape index (κ2) is 17.9. The summed E-state index contributed by atoms with van der Waals surface area (Å²) in [5.41, 5.74) is 3.04. The van der Waals surface area contributed by atoms with Crippen molar-refractivity contribution >= 4 is 11.8 Å². The van der Waals surface area contributed by atoms with Gasteiger partial charge in [0.05, 0.1) is 64.2 Å². The van der Waals surface area contributed by atoms with E-state index >= 15 is 0 Å². The molecule has 1 N–H and O–H groups in total. The molecule has 226 valence electrons. The first-order chi connectivity index (χ1) is 19.8. The molecule has 1 saturated heterocycles. The average molecular weight is 573 g/mol. The standard InChI is InChI=1S/C30H44N4O7/c1-23(2)25-19-27(32-29(20-25)30(36)37)22-34-9-13-40-17-15-38-11-7-33(8-12-39-16-18-41-14-10-34)21-26-5-4-6-28(31-26)24(3)35/h4-6,19-20,23H,7-18,21-22H2,1-3H3,(H,36,37). The SMILES string of the molecule is CC(=O)c1cccc(CN2CCOCCOCCN(Cc3cc(C(C)C)cc(C(=O)O)n3)CCOCCOCC2)n1. The highest BCUT2D eigenvalue weighted by molar-refractivity contribution is 5.92. The lowest BCUT2D eigenvalue weighted by atomic mass is 10.0. The number of pyridine rings is 2. The van der Waals surface area contributed by atoms with E-state index in [0.29, 0.717) is 97.8 Å². The van der Waals surface area contributed by atoms with Gasteiger partial charge in [-0.25, -0.2) is 14.8 Å². The second-order valence-electron chi connectivity index (χ2n) is 10.3. The third-order valence-electron chi connectivity index (χ3n) is 6.68. The van der Waals surface area contributed by atoms with Crippen LogP contribution >= 0.6 is 0 Å². The number of carboxylic acid groups (broad SMARTS) is 1. The summed E-state index contributed by atoms with van der Waals surface area (Å²) in [5.74, 6) is -0.878. The Hall–Kier alpha value is -2.80. The number of carboxylic acids is 1. The largest absolute Gasteiger partial charge is 0.477 e. The van der Waals surface area contributed by atoms with Crippen LogP contribution in [-0.2, 0) is 32.0 Å². The molecule has 0 unspecified atom stereocenters. The molecule has 0 aromatic carbocycles. The van der Waals surface area contributed by atoms with Crippen molar-refractivity contribution in [1.82, 2.24) is 19.8 Å². The van der Waals surface area contributed by atoms with E-state index in [2.05, 4.69) is 19.8 Å². The Bertz CT molecular complexity index is 1080. The van der Waals surface area contributed by atoms with Crippen LogP contribution in [0.15, 0.2) is 30.3 Å². The van der Waals surface area contributed by atoms with Crippen molar-refractivity contribution in [3.05, 3.63) is 58.7 Å². The summed E-state index contributed by atoms with van der Waals surface area (Å²) in [4.78, 5) is 36.5. The monoisotopic (exact) mass is 572 g/mol. The summed E-state index contributed by atoms with van der Waals surface area (Å²) >= 11 is 0. The van der Waals surface area contributed by atoms with Gasteiger partial charge in [0.2, 0.25) is 0 Å². The van der Waals surface area contributed by atoms with E-state index in [-0.39, 0.29) is 17.4 Å². The number of carbonyl (C=O) groups excluding carboxylic acids is 1. The molecule has 3 heterocycles. The molecule has 0 atom stereocenters. The van der Waals surface area contributed by atoms with Gasteiger partial charge in [-0.05, 0) is 35.7 Å². The molecule has 0 spiro atoms. The van der Waals surface area contributed by atoms with Crippen molar-refractivity contribution in [3.63, 3.8) is 0 Å². The number of Topliss-reactive ketones (excluding diaryl/α,β-unsaturated/α-hetero) is 1. The molecular formula is C30H44N4O7. The van der Waals surface area contributed by atoms with Crippen LogP contribution in [0.4, 0.5) is 0 Å². The van der Waals surface area contributed by atoms with Gasteiger partial charge in [0.15, 0.2) is 5.78 Å². The predicted octanol–water partition coefficient (Wildman–Crippen LogP) is 2.89. The van der Waals surface area contributed by atoms with Gasteiger partial charge in [-0.2, -0.15) is 0 Å². The van der Waals surface area contributed by atoms with Crippen LogP contribution in [0.25, 0.3) is 0 Å². The smallest absolute Gasteiger partial charge is 0.354 e. The summed E-state index contributed by atoms with van der Waals surface area (Å²) < 4.78 is 23.3. The fourth-order valence-corrected chi connectivity index (χ4v) is 4.32. The van der Waals surface area contributed by atoms with Gasteiger partial charge in [-0.3, -0.25) is 14.6 Å². The number of ether oxygens (including phenoxy) is 4. The van der Waals surface area contributed by atoms with Crippen molar-refractivity contribution in [3.8, 4) is 0 Å². The van der Waals surface area contributed by atoms with Crippen molar-refractivity contribution in [1.29, 1.82) is 0 Å². The first-order valence-corrected chi connectivity index (χ1v) is 14.3. The first kappa shape index (κ1) is 32.7. The number of rotatable bonds is 7. The molecule has 0 aliphatic carbocycles. The van der Waals surface area contributed by atoms with Crippen LogP contribution in [0, 0.1) is 0 Å². The van der Waals surface area contributed by atoms with E-state index < -0.39 is 5.97 Å². The van der Waals surface area contributed by atoms with E-state index in [9.17, 15) is 14.7 Å². The van der Waals surface area contributed by atoms with Gasteiger partial charge >= 0.3 is 5.97 Å². The van der Waals surface area contributed by atoms with Crippen LogP contribution in [0.3, 0.4) is 0 Å². The minimum atomic E-state index is -1.03. The highest BCUT2D eigenvalue weighted by atomic mass is 16.5. The third-order valence-corrected chi connectivity index (χ3v) is 6.68. The van der Waals surface area contributed by atoms with Crippen molar-refractivity contribution in [2.75, 3.05) is 79.0 Å². The van der Waals surface area contributed by atoms with Crippen molar-refractivity contribution in [2.45, 2.75) is 39.8 Å². The molecule has 2 aromatic heterocycles. The number of carbonyl (C=O) groups is 2. The van der Waals surface area contributed by atoms with Gasteiger partial charge in [0, 0.05) is 46.2 Å². The lowest BCUT2D eigenvalue weighted by Crippen LogP contribution is -2.33. The van der Waals surface area contributed by atoms with Crippen LogP contribution in [-0.4, -0.2) is 116 Å². The van der Waals surface area contributed by atoms with E-state index in [1.165, 1.54) is 6.92 Å². The molecule has 11 nitrogen and oxygen atoms in total. The Balaban J connectivity index is 1.53. The lowest BCUT2D eigenvalue weighted by molar-refractivity contribution is 0.00597. The molecule has 41 heavy (non-hydrogen) atoms. The summed E-state index contributed by atoms with van der Waals surface area (Å²) in [6, 6.07) is 9.13.